The van der Waals surface area contributed by atoms with Gasteiger partial charge in [0.05, 0.1) is 18.3 Å². The minimum Gasteiger partial charge on any atom is -0.394 e. The third-order valence-electron chi connectivity index (χ3n) is 2.76. The van der Waals surface area contributed by atoms with E-state index in [-0.39, 0.29) is 12.6 Å². The van der Waals surface area contributed by atoms with Crippen molar-refractivity contribution in [3.05, 3.63) is 58.3 Å². The number of rotatable bonds is 4. The van der Waals surface area contributed by atoms with Crippen molar-refractivity contribution < 1.29 is 5.11 Å². The summed E-state index contributed by atoms with van der Waals surface area (Å²) in [4.78, 5) is 4.31. The van der Waals surface area contributed by atoms with E-state index in [1.54, 1.807) is 6.20 Å². The molecule has 2 N–H and O–H groups in total. The van der Waals surface area contributed by atoms with Crippen LogP contribution in [0, 0.1) is 6.92 Å². The molecule has 0 amide bonds. The van der Waals surface area contributed by atoms with Crippen molar-refractivity contribution in [3.8, 4) is 0 Å². The molecule has 1 atom stereocenters. The van der Waals surface area contributed by atoms with Gasteiger partial charge in [0.2, 0.25) is 0 Å². The fourth-order valence-corrected chi connectivity index (χ4v) is 1.96. The Morgan fingerprint density at radius 2 is 2.06 bits per heavy atom. The average molecular weight is 307 g/mol. The first kappa shape index (κ1) is 13.1. The quantitative estimate of drug-likeness (QED) is 0.911. The Balaban J connectivity index is 2.20. The molecule has 94 valence electrons. The van der Waals surface area contributed by atoms with Crippen molar-refractivity contribution in [1.82, 2.24) is 4.98 Å². The van der Waals surface area contributed by atoms with Crippen LogP contribution in [0.1, 0.15) is 17.3 Å². The maximum Gasteiger partial charge on any atom is 0.0917 e. The van der Waals surface area contributed by atoms with Crippen LogP contribution in [0.3, 0.4) is 0 Å². The van der Waals surface area contributed by atoms with Crippen molar-refractivity contribution >= 4 is 21.6 Å². The number of aliphatic hydroxyl groups is 1. The zero-order valence-electron chi connectivity index (χ0n) is 10.1. The lowest BCUT2D eigenvalue weighted by atomic mass is 10.1. The maximum atomic E-state index is 9.49. The molecule has 3 nitrogen and oxygen atoms in total. The van der Waals surface area contributed by atoms with Crippen LogP contribution in [0.25, 0.3) is 0 Å². The van der Waals surface area contributed by atoms with E-state index in [2.05, 4.69) is 26.2 Å². The Bertz CT molecular complexity index is 513. The average Bonchev–Trinajstić information content (AvgIpc) is 2.39. The highest BCUT2D eigenvalue weighted by Gasteiger charge is 2.12. The lowest BCUT2D eigenvalue weighted by molar-refractivity contribution is 0.274. The molecule has 0 aliphatic rings. The number of para-hydroxylation sites is 1. The van der Waals surface area contributed by atoms with Crippen LogP contribution >= 0.6 is 15.9 Å². The third-order valence-corrected chi connectivity index (χ3v) is 3.23. The van der Waals surface area contributed by atoms with E-state index in [4.69, 9.17) is 0 Å². The van der Waals surface area contributed by atoms with Gasteiger partial charge in [-0.25, -0.2) is 0 Å². The highest BCUT2D eigenvalue weighted by molar-refractivity contribution is 9.10. The Labute approximate surface area is 115 Å². The maximum absolute atomic E-state index is 9.49. The molecule has 2 rings (SSSR count). The van der Waals surface area contributed by atoms with Crippen molar-refractivity contribution in [2.24, 2.45) is 0 Å². The zero-order valence-corrected chi connectivity index (χ0v) is 11.7. The predicted octanol–water partition coefficient (Wildman–Crippen LogP) is 3.30. The summed E-state index contributed by atoms with van der Waals surface area (Å²) in [6.45, 7) is 2.04. The van der Waals surface area contributed by atoms with Crippen LogP contribution in [-0.2, 0) is 0 Å². The van der Waals surface area contributed by atoms with Gasteiger partial charge in [0.1, 0.15) is 0 Å². The molecular weight excluding hydrogens is 292 g/mol. The third kappa shape index (κ3) is 3.09. The van der Waals surface area contributed by atoms with Gasteiger partial charge in [-0.15, -0.1) is 0 Å². The summed E-state index contributed by atoms with van der Waals surface area (Å²) >= 11 is 3.35. The van der Waals surface area contributed by atoms with Gasteiger partial charge in [0.15, 0.2) is 0 Å². The van der Waals surface area contributed by atoms with Crippen LogP contribution in [0.2, 0.25) is 0 Å². The van der Waals surface area contributed by atoms with E-state index in [9.17, 15) is 5.11 Å². The number of aliphatic hydroxyl groups excluding tert-OH is 1. The van der Waals surface area contributed by atoms with E-state index in [1.165, 1.54) is 0 Å². The van der Waals surface area contributed by atoms with Gasteiger partial charge in [-0.3, -0.25) is 4.98 Å². The molecule has 18 heavy (non-hydrogen) atoms. The first-order valence-corrected chi connectivity index (χ1v) is 6.54. The molecule has 0 spiro atoms. The Morgan fingerprint density at radius 1 is 1.28 bits per heavy atom. The number of halogens is 1. The van der Waals surface area contributed by atoms with Gasteiger partial charge in [-0.2, -0.15) is 0 Å². The molecule has 1 heterocycles. The molecular formula is C14H15BrN2O. The molecule has 1 aromatic carbocycles. The standard InChI is InChI=1S/C14H15BrN2O/c1-10-4-2-3-5-12(10)17-14(9-18)13-7-6-11(15)8-16-13/h2-8,14,17-18H,9H2,1H3. The van der Waals surface area contributed by atoms with E-state index in [0.717, 1.165) is 21.4 Å². The Hall–Kier alpha value is -1.39. The van der Waals surface area contributed by atoms with E-state index < -0.39 is 0 Å². The second kappa shape index (κ2) is 5.98. The summed E-state index contributed by atoms with van der Waals surface area (Å²) in [6.07, 6.45) is 1.73. The largest absolute Gasteiger partial charge is 0.394 e. The van der Waals surface area contributed by atoms with Crippen molar-refractivity contribution in [1.29, 1.82) is 0 Å². The summed E-state index contributed by atoms with van der Waals surface area (Å²) in [5.74, 6) is 0. The number of pyridine rings is 1. The highest BCUT2D eigenvalue weighted by Crippen LogP contribution is 2.21. The van der Waals surface area contributed by atoms with Gasteiger partial charge in [-0.1, -0.05) is 18.2 Å². The minimum absolute atomic E-state index is 0.00294. The monoisotopic (exact) mass is 306 g/mol. The summed E-state index contributed by atoms with van der Waals surface area (Å²) < 4.78 is 0.929. The van der Waals surface area contributed by atoms with Crippen LogP contribution in [0.4, 0.5) is 5.69 Å². The van der Waals surface area contributed by atoms with Gasteiger partial charge < -0.3 is 10.4 Å². The fourth-order valence-electron chi connectivity index (χ4n) is 1.73. The number of anilines is 1. The van der Waals surface area contributed by atoms with E-state index >= 15 is 0 Å². The fraction of sp³-hybridized carbons (Fsp3) is 0.214. The van der Waals surface area contributed by atoms with Crippen LogP contribution in [0.15, 0.2) is 47.1 Å². The molecule has 1 aromatic heterocycles. The number of nitrogens with one attached hydrogen (secondary N) is 1. The zero-order chi connectivity index (χ0) is 13.0. The first-order valence-electron chi connectivity index (χ1n) is 5.75. The van der Waals surface area contributed by atoms with Gasteiger partial charge in [0.25, 0.3) is 0 Å². The SMILES string of the molecule is Cc1ccccc1NC(CO)c1ccc(Br)cn1. The minimum atomic E-state index is -0.195. The molecule has 0 saturated heterocycles. The second-order valence-corrected chi connectivity index (χ2v) is 5.01. The summed E-state index contributed by atoms with van der Waals surface area (Å²) in [5.41, 5.74) is 2.98. The topological polar surface area (TPSA) is 45.1 Å². The summed E-state index contributed by atoms with van der Waals surface area (Å²) in [7, 11) is 0. The molecule has 4 heteroatoms. The van der Waals surface area contributed by atoms with Crippen molar-refractivity contribution in [2.45, 2.75) is 13.0 Å². The van der Waals surface area contributed by atoms with Gasteiger partial charge in [0, 0.05) is 16.4 Å². The normalized spacial score (nSPS) is 12.2. The smallest absolute Gasteiger partial charge is 0.0917 e. The second-order valence-electron chi connectivity index (χ2n) is 4.10. The number of aromatic nitrogens is 1. The van der Waals surface area contributed by atoms with Gasteiger partial charge >= 0.3 is 0 Å². The number of hydrogen-bond acceptors (Lipinski definition) is 3. The lowest BCUT2D eigenvalue weighted by Crippen LogP contribution is -2.16. The van der Waals surface area contributed by atoms with Crippen LogP contribution in [-0.4, -0.2) is 16.7 Å². The first-order chi connectivity index (χ1) is 8.70. The number of benzene rings is 1. The van der Waals surface area contributed by atoms with Crippen molar-refractivity contribution in [3.63, 3.8) is 0 Å². The molecule has 0 aliphatic carbocycles. The summed E-state index contributed by atoms with van der Waals surface area (Å²) in [6, 6.07) is 11.6. The number of hydrogen-bond donors (Lipinski definition) is 2. The molecule has 0 saturated carbocycles. The lowest BCUT2D eigenvalue weighted by Gasteiger charge is -2.18. The Kier molecular flexibility index (Phi) is 4.33. The number of aryl methyl sites for hydroxylation is 1. The molecule has 0 radical (unpaired) electrons. The van der Waals surface area contributed by atoms with Crippen LogP contribution in [0.5, 0.6) is 0 Å². The van der Waals surface area contributed by atoms with Crippen LogP contribution < -0.4 is 5.32 Å². The molecule has 2 aromatic rings. The van der Waals surface area contributed by atoms with E-state index in [0.29, 0.717) is 0 Å². The van der Waals surface area contributed by atoms with E-state index in [1.807, 2.05) is 43.3 Å². The number of nitrogens with zero attached hydrogens (tertiary/aromatic N) is 1. The molecule has 0 fully saturated rings. The predicted molar refractivity (Wildman–Crippen MR) is 76.6 cm³/mol. The molecule has 0 bridgehead atoms. The van der Waals surface area contributed by atoms with Gasteiger partial charge in [-0.05, 0) is 46.6 Å². The summed E-state index contributed by atoms with van der Waals surface area (Å²) in [5, 5.41) is 12.8. The molecule has 0 aliphatic heterocycles. The molecule has 1 unspecified atom stereocenters. The Morgan fingerprint density at radius 3 is 2.67 bits per heavy atom. The van der Waals surface area contributed by atoms with Crippen molar-refractivity contribution in [2.75, 3.05) is 11.9 Å². The highest BCUT2D eigenvalue weighted by atomic mass is 79.9.